The third-order valence-electron chi connectivity index (χ3n) is 2.73. The fraction of sp³-hybridized carbons (Fsp3) is 0.500. The Bertz CT molecular complexity index is 436. The van der Waals surface area contributed by atoms with E-state index in [0.29, 0.717) is 25.1 Å². The van der Waals surface area contributed by atoms with Gasteiger partial charge in [0.1, 0.15) is 5.82 Å². The van der Waals surface area contributed by atoms with E-state index in [1.54, 1.807) is 23.2 Å². The van der Waals surface area contributed by atoms with Crippen LogP contribution < -0.4 is 5.32 Å². The van der Waals surface area contributed by atoms with Gasteiger partial charge in [-0.15, -0.1) is 0 Å². The number of amides is 1. The number of nitrogens with one attached hydrogen (secondary N) is 1. The van der Waals surface area contributed by atoms with Crippen molar-refractivity contribution in [1.29, 1.82) is 5.26 Å². The number of hydrogen-bond acceptors (Lipinski definition) is 4. The quantitative estimate of drug-likeness (QED) is 0.816. The topological polar surface area (TPSA) is 69.0 Å². The van der Waals surface area contributed by atoms with Gasteiger partial charge in [0.25, 0.3) is 5.91 Å². The molecule has 1 aromatic heterocycles. The van der Waals surface area contributed by atoms with Gasteiger partial charge in [-0.25, -0.2) is 4.98 Å². The largest absolute Gasteiger partial charge is 0.370 e. The second kappa shape index (κ2) is 8.09. The zero-order valence-electron chi connectivity index (χ0n) is 11.5. The fourth-order valence-corrected chi connectivity index (χ4v) is 1.65. The maximum Gasteiger partial charge on any atom is 0.255 e. The van der Waals surface area contributed by atoms with Crippen LogP contribution >= 0.6 is 0 Å². The summed E-state index contributed by atoms with van der Waals surface area (Å²) in [6.45, 7) is 5.90. The van der Waals surface area contributed by atoms with E-state index in [4.69, 9.17) is 5.26 Å². The van der Waals surface area contributed by atoms with Crippen LogP contribution in [-0.4, -0.2) is 35.4 Å². The van der Waals surface area contributed by atoms with Crippen molar-refractivity contribution in [3.05, 3.63) is 23.9 Å². The van der Waals surface area contributed by atoms with Crippen LogP contribution in [0.3, 0.4) is 0 Å². The van der Waals surface area contributed by atoms with Gasteiger partial charge in [0, 0.05) is 25.8 Å². The van der Waals surface area contributed by atoms with E-state index < -0.39 is 0 Å². The van der Waals surface area contributed by atoms with Crippen LogP contribution in [0.15, 0.2) is 18.3 Å². The van der Waals surface area contributed by atoms with Gasteiger partial charge in [0.2, 0.25) is 0 Å². The van der Waals surface area contributed by atoms with Crippen LogP contribution in [0.25, 0.3) is 0 Å². The van der Waals surface area contributed by atoms with Crippen molar-refractivity contribution in [3.63, 3.8) is 0 Å². The third-order valence-corrected chi connectivity index (χ3v) is 2.73. The summed E-state index contributed by atoms with van der Waals surface area (Å²) in [5.41, 5.74) is 0.557. The summed E-state index contributed by atoms with van der Waals surface area (Å²) in [6, 6.07) is 5.62. The van der Waals surface area contributed by atoms with Crippen molar-refractivity contribution in [2.24, 2.45) is 0 Å². The van der Waals surface area contributed by atoms with Crippen molar-refractivity contribution in [1.82, 2.24) is 9.88 Å². The molecular weight excluding hydrogens is 240 g/mol. The van der Waals surface area contributed by atoms with Gasteiger partial charge in [-0.2, -0.15) is 5.26 Å². The van der Waals surface area contributed by atoms with Crippen LogP contribution in [-0.2, 0) is 0 Å². The van der Waals surface area contributed by atoms with E-state index in [1.807, 2.05) is 6.92 Å². The maximum absolute atomic E-state index is 12.2. The molecule has 0 fully saturated rings. The molecule has 0 aliphatic rings. The monoisotopic (exact) mass is 260 g/mol. The molecule has 1 aromatic rings. The molecule has 5 nitrogen and oxygen atoms in total. The average Bonchev–Trinajstić information content (AvgIpc) is 2.46. The van der Waals surface area contributed by atoms with E-state index in [0.717, 1.165) is 18.8 Å². The van der Waals surface area contributed by atoms with Crippen LogP contribution in [0, 0.1) is 11.3 Å². The highest BCUT2D eigenvalue weighted by atomic mass is 16.2. The number of pyridine rings is 1. The minimum Gasteiger partial charge on any atom is -0.370 e. The van der Waals surface area contributed by atoms with Crippen molar-refractivity contribution in [3.8, 4) is 6.07 Å². The van der Waals surface area contributed by atoms with Crippen LogP contribution in [0.1, 0.15) is 37.0 Å². The van der Waals surface area contributed by atoms with Crippen LogP contribution in [0.5, 0.6) is 0 Å². The summed E-state index contributed by atoms with van der Waals surface area (Å²) in [4.78, 5) is 18.0. The van der Waals surface area contributed by atoms with Crippen molar-refractivity contribution in [2.75, 3.05) is 25.0 Å². The molecule has 5 heteroatoms. The Kier molecular flexibility index (Phi) is 6.37. The summed E-state index contributed by atoms with van der Waals surface area (Å²) in [5.74, 6) is 0.700. The minimum absolute atomic E-state index is 0.0766. The predicted molar refractivity (Wildman–Crippen MR) is 74.8 cm³/mol. The highest BCUT2D eigenvalue weighted by Gasteiger charge is 2.13. The fourth-order valence-electron chi connectivity index (χ4n) is 1.65. The molecule has 0 aromatic carbocycles. The first kappa shape index (κ1) is 15.0. The summed E-state index contributed by atoms with van der Waals surface area (Å²) >= 11 is 0. The second-order valence-electron chi connectivity index (χ2n) is 4.15. The number of rotatable bonds is 7. The van der Waals surface area contributed by atoms with Crippen molar-refractivity contribution >= 4 is 11.7 Å². The van der Waals surface area contributed by atoms with Crippen LogP contribution in [0.2, 0.25) is 0 Å². The molecule has 1 N–H and O–H groups in total. The molecule has 0 saturated carbocycles. The summed E-state index contributed by atoms with van der Waals surface area (Å²) in [5, 5.41) is 11.7. The lowest BCUT2D eigenvalue weighted by Crippen LogP contribution is -2.31. The normalized spacial score (nSPS) is 9.74. The number of aromatic nitrogens is 1. The first-order chi connectivity index (χ1) is 9.22. The van der Waals surface area contributed by atoms with Gasteiger partial charge in [0.15, 0.2) is 0 Å². The molecule has 0 bridgehead atoms. The SMILES string of the molecule is CCCNc1ccc(C(=O)N(CC)CCC#N)cn1. The van der Waals surface area contributed by atoms with Crippen molar-refractivity contribution in [2.45, 2.75) is 26.7 Å². The summed E-state index contributed by atoms with van der Waals surface area (Å²) in [7, 11) is 0. The smallest absolute Gasteiger partial charge is 0.255 e. The number of hydrogen-bond donors (Lipinski definition) is 1. The zero-order valence-corrected chi connectivity index (χ0v) is 11.5. The number of carbonyl (C=O) groups is 1. The highest BCUT2D eigenvalue weighted by Crippen LogP contribution is 2.08. The first-order valence-corrected chi connectivity index (χ1v) is 6.59. The van der Waals surface area contributed by atoms with Crippen molar-refractivity contribution < 1.29 is 4.79 Å². The molecular formula is C14H20N4O. The Morgan fingerprint density at radius 2 is 2.26 bits per heavy atom. The van der Waals surface area contributed by atoms with E-state index in [2.05, 4.69) is 23.3 Å². The molecule has 0 saturated heterocycles. The average molecular weight is 260 g/mol. The lowest BCUT2D eigenvalue weighted by molar-refractivity contribution is 0.0767. The van der Waals surface area contributed by atoms with Gasteiger partial charge < -0.3 is 10.2 Å². The molecule has 0 unspecified atom stereocenters. The highest BCUT2D eigenvalue weighted by molar-refractivity contribution is 5.94. The molecule has 0 radical (unpaired) electrons. The van der Waals surface area contributed by atoms with Crippen LogP contribution in [0.4, 0.5) is 5.82 Å². The molecule has 0 atom stereocenters. The Morgan fingerprint density at radius 1 is 1.47 bits per heavy atom. The molecule has 1 heterocycles. The first-order valence-electron chi connectivity index (χ1n) is 6.59. The lowest BCUT2D eigenvalue weighted by atomic mass is 10.2. The molecule has 1 amide bonds. The Morgan fingerprint density at radius 3 is 2.79 bits per heavy atom. The number of carbonyl (C=O) groups excluding carboxylic acids is 1. The second-order valence-corrected chi connectivity index (χ2v) is 4.15. The lowest BCUT2D eigenvalue weighted by Gasteiger charge is -2.19. The Balaban J connectivity index is 2.68. The molecule has 0 aliphatic carbocycles. The third kappa shape index (κ3) is 4.59. The molecule has 0 spiro atoms. The number of anilines is 1. The Labute approximate surface area is 114 Å². The molecule has 102 valence electrons. The van der Waals surface area contributed by atoms with E-state index in [9.17, 15) is 4.79 Å². The maximum atomic E-state index is 12.2. The van der Waals surface area contributed by atoms with E-state index in [1.165, 1.54) is 0 Å². The van der Waals surface area contributed by atoms with Gasteiger partial charge in [-0.05, 0) is 25.5 Å². The summed E-state index contributed by atoms with van der Waals surface area (Å²) in [6.07, 6.45) is 2.96. The predicted octanol–water partition coefficient (Wildman–Crippen LogP) is 2.28. The van der Waals surface area contributed by atoms with Gasteiger partial charge in [-0.3, -0.25) is 4.79 Å². The standard InChI is InChI=1S/C14H20N4O/c1-3-9-16-13-7-6-12(11-17-13)14(19)18(4-2)10-5-8-15/h6-7,11H,3-5,9-10H2,1-2H3,(H,16,17). The zero-order chi connectivity index (χ0) is 14.1. The summed E-state index contributed by atoms with van der Waals surface area (Å²) < 4.78 is 0. The van der Waals surface area contributed by atoms with Gasteiger partial charge in [0.05, 0.1) is 18.1 Å². The van der Waals surface area contributed by atoms with Gasteiger partial charge >= 0.3 is 0 Å². The van der Waals surface area contributed by atoms with E-state index in [-0.39, 0.29) is 5.91 Å². The number of nitrogens with zero attached hydrogens (tertiary/aromatic N) is 3. The minimum atomic E-state index is -0.0766. The molecule has 1 rings (SSSR count). The molecule has 19 heavy (non-hydrogen) atoms. The van der Waals surface area contributed by atoms with Gasteiger partial charge in [-0.1, -0.05) is 6.92 Å². The Hall–Kier alpha value is -2.09. The number of nitriles is 1. The molecule has 0 aliphatic heterocycles. The van der Waals surface area contributed by atoms with E-state index >= 15 is 0 Å².